The molecule has 1 aliphatic heterocycles. The summed E-state index contributed by atoms with van der Waals surface area (Å²) in [7, 11) is 0. The second-order valence-electron chi connectivity index (χ2n) is 4.58. The van der Waals surface area contributed by atoms with E-state index in [9.17, 15) is 0 Å². The van der Waals surface area contributed by atoms with Gasteiger partial charge in [0, 0.05) is 49.5 Å². The largest absolute Gasteiger partial charge is 0.381 e. The van der Waals surface area contributed by atoms with Gasteiger partial charge in [-0.1, -0.05) is 0 Å². The minimum absolute atomic E-state index is 0.0358. The molecule has 0 unspecified atom stereocenters. The van der Waals surface area contributed by atoms with Gasteiger partial charge in [-0.2, -0.15) is 5.10 Å². The lowest BCUT2D eigenvalue weighted by Crippen LogP contribution is -2.50. The molecule has 0 atom stereocenters. The van der Waals surface area contributed by atoms with Gasteiger partial charge < -0.3 is 10.1 Å². The van der Waals surface area contributed by atoms with E-state index < -0.39 is 0 Å². The standard InChI is InChI=1S/C12H20ClN3O/c1-2-16-9-11(8-15-16)7-14-12(10-13)3-5-17-6-4-12/h8-9,14H,2-7,10H2,1H3. The fraction of sp³-hybridized carbons (Fsp3) is 0.750. The predicted octanol–water partition coefficient (Wildman–Crippen LogP) is 1.78. The molecule has 2 heterocycles. The first-order chi connectivity index (χ1) is 8.28. The lowest BCUT2D eigenvalue weighted by atomic mass is 9.92. The molecule has 96 valence electrons. The van der Waals surface area contributed by atoms with Crippen LogP contribution in [0.5, 0.6) is 0 Å². The SMILES string of the molecule is CCn1cc(CNC2(CCl)CCOCC2)cn1. The Hall–Kier alpha value is -0.580. The molecule has 2 rings (SSSR count). The van der Waals surface area contributed by atoms with E-state index in [2.05, 4.69) is 23.5 Å². The van der Waals surface area contributed by atoms with Gasteiger partial charge in [0.05, 0.1) is 6.20 Å². The summed E-state index contributed by atoms with van der Waals surface area (Å²) in [6, 6.07) is 0. The summed E-state index contributed by atoms with van der Waals surface area (Å²) in [6.45, 7) is 5.42. The van der Waals surface area contributed by atoms with Crippen molar-refractivity contribution in [3.63, 3.8) is 0 Å². The maximum absolute atomic E-state index is 6.10. The molecular weight excluding hydrogens is 238 g/mol. The quantitative estimate of drug-likeness (QED) is 0.818. The smallest absolute Gasteiger partial charge is 0.0534 e. The van der Waals surface area contributed by atoms with Gasteiger partial charge in [0.2, 0.25) is 0 Å². The molecule has 0 saturated carbocycles. The van der Waals surface area contributed by atoms with E-state index in [0.717, 1.165) is 39.1 Å². The number of nitrogens with zero attached hydrogens (tertiary/aromatic N) is 2. The minimum Gasteiger partial charge on any atom is -0.381 e. The zero-order valence-electron chi connectivity index (χ0n) is 10.3. The zero-order chi connectivity index (χ0) is 12.1. The highest BCUT2D eigenvalue weighted by molar-refractivity contribution is 6.18. The lowest BCUT2D eigenvalue weighted by molar-refractivity contribution is 0.0459. The number of ether oxygens (including phenoxy) is 1. The molecule has 0 spiro atoms. The van der Waals surface area contributed by atoms with Crippen LogP contribution in [0.1, 0.15) is 25.3 Å². The molecule has 1 N–H and O–H groups in total. The number of rotatable bonds is 5. The fourth-order valence-electron chi connectivity index (χ4n) is 2.08. The molecule has 0 aromatic carbocycles. The van der Waals surface area contributed by atoms with E-state index in [1.807, 2.05) is 10.9 Å². The summed E-state index contributed by atoms with van der Waals surface area (Å²) < 4.78 is 7.32. The highest BCUT2D eigenvalue weighted by atomic mass is 35.5. The molecule has 0 radical (unpaired) electrons. The van der Waals surface area contributed by atoms with Crippen molar-refractivity contribution < 1.29 is 4.74 Å². The molecule has 1 fully saturated rings. The fourth-order valence-corrected chi connectivity index (χ4v) is 2.44. The molecule has 0 amide bonds. The Balaban J connectivity index is 1.90. The first-order valence-corrected chi connectivity index (χ1v) is 6.71. The predicted molar refractivity (Wildman–Crippen MR) is 68.2 cm³/mol. The molecule has 1 aromatic heterocycles. The maximum atomic E-state index is 6.10. The van der Waals surface area contributed by atoms with E-state index in [1.54, 1.807) is 0 Å². The van der Waals surface area contributed by atoms with Gasteiger partial charge in [-0.15, -0.1) is 11.6 Å². The molecule has 0 aliphatic carbocycles. The zero-order valence-corrected chi connectivity index (χ0v) is 11.0. The minimum atomic E-state index is 0.0358. The van der Waals surface area contributed by atoms with Crippen LogP contribution in [0.4, 0.5) is 0 Å². The maximum Gasteiger partial charge on any atom is 0.0534 e. The summed E-state index contributed by atoms with van der Waals surface area (Å²) >= 11 is 6.10. The summed E-state index contributed by atoms with van der Waals surface area (Å²) in [4.78, 5) is 0. The van der Waals surface area contributed by atoms with Crippen LogP contribution in [0.25, 0.3) is 0 Å². The van der Waals surface area contributed by atoms with E-state index in [-0.39, 0.29) is 5.54 Å². The van der Waals surface area contributed by atoms with Gasteiger partial charge in [-0.25, -0.2) is 0 Å². The molecule has 17 heavy (non-hydrogen) atoms. The second kappa shape index (κ2) is 5.85. The summed E-state index contributed by atoms with van der Waals surface area (Å²) in [6.07, 6.45) is 5.96. The van der Waals surface area contributed by atoms with Crippen LogP contribution in [0, 0.1) is 0 Å². The molecule has 1 saturated heterocycles. The van der Waals surface area contributed by atoms with Gasteiger partial charge in [-0.3, -0.25) is 4.68 Å². The Kier molecular flexibility index (Phi) is 4.42. The summed E-state index contributed by atoms with van der Waals surface area (Å²) in [5.41, 5.74) is 1.25. The topological polar surface area (TPSA) is 39.1 Å². The highest BCUT2D eigenvalue weighted by Gasteiger charge is 2.31. The van der Waals surface area contributed by atoms with Crippen molar-refractivity contribution in [1.82, 2.24) is 15.1 Å². The van der Waals surface area contributed by atoms with Crippen LogP contribution in [-0.4, -0.2) is 34.4 Å². The molecule has 5 heteroatoms. The number of hydrogen-bond donors (Lipinski definition) is 1. The number of aryl methyl sites for hydroxylation is 1. The summed E-state index contributed by atoms with van der Waals surface area (Å²) in [5.74, 6) is 0.637. The third kappa shape index (κ3) is 3.21. The Morgan fingerprint density at radius 2 is 2.29 bits per heavy atom. The Morgan fingerprint density at radius 3 is 2.88 bits per heavy atom. The van der Waals surface area contributed by atoms with Crippen molar-refractivity contribution in [3.05, 3.63) is 18.0 Å². The van der Waals surface area contributed by atoms with Crippen LogP contribution >= 0.6 is 11.6 Å². The van der Waals surface area contributed by atoms with E-state index in [0.29, 0.717) is 5.88 Å². The Labute approximate surface area is 107 Å². The third-order valence-electron chi connectivity index (χ3n) is 3.38. The average molecular weight is 258 g/mol. The average Bonchev–Trinajstić information content (AvgIpc) is 2.85. The van der Waals surface area contributed by atoms with Crippen molar-refractivity contribution in [3.8, 4) is 0 Å². The van der Waals surface area contributed by atoms with Crippen LogP contribution in [0.2, 0.25) is 0 Å². The van der Waals surface area contributed by atoms with E-state index in [1.165, 1.54) is 5.56 Å². The van der Waals surface area contributed by atoms with Crippen molar-refractivity contribution >= 4 is 11.6 Å². The molecule has 0 bridgehead atoms. The van der Waals surface area contributed by atoms with Crippen LogP contribution < -0.4 is 5.32 Å². The summed E-state index contributed by atoms with van der Waals surface area (Å²) in [5, 5.41) is 7.84. The number of alkyl halides is 1. The van der Waals surface area contributed by atoms with Gasteiger partial charge in [-0.05, 0) is 19.8 Å². The molecule has 1 aromatic rings. The van der Waals surface area contributed by atoms with Crippen LogP contribution in [0.3, 0.4) is 0 Å². The normalized spacial score (nSPS) is 19.4. The monoisotopic (exact) mass is 257 g/mol. The second-order valence-corrected chi connectivity index (χ2v) is 4.85. The molecule has 1 aliphatic rings. The number of aromatic nitrogens is 2. The highest BCUT2D eigenvalue weighted by Crippen LogP contribution is 2.22. The molecular formula is C12H20ClN3O. The van der Waals surface area contributed by atoms with Gasteiger partial charge >= 0.3 is 0 Å². The van der Waals surface area contributed by atoms with Gasteiger partial charge in [0.25, 0.3) is 0 Å². The van der Waals surface area contributed by atoms with Crippen molar-refractivity contribution in [1.29, 1.82) is 0 Å². The van der Waals surface area contributed by atoms with E-state index >= 15 is 0 Å². The Morgan fingerprint density at radius 1 is 1.53 bits per heavy atom. The first kappa shape index (κ1) is 12.9. The first-order valence-electron chi connectivity index (χ1n) is 6.18. The van der Waals surface area contributed by atoms with Crippen molar-refractivity contribution in [2.24, 2.45) is 0 Å². The van der Waals surface area contributed by atoms with E-state index in [4.69, 9.17) is 16.3 Å². The number of halogens is 1. The molecule has 4 nitrogen and oxygen atoms in total. The van der Waals surface area contributed by atoms with Crippen LogP contribution in [0.15, 0.2) is 12.4 Å². The van der Waals surface area contributed by atoms with Gasteiger partial charge in [0.15, 0.2) is 0 Å². The van der Waals surface area contributed by atoms with Crippen molar-refractivity contribution in [2.45, 2.75) is 38.4 Å². The van der Waals surface area contributed by atoms with Gasteiger partial charge in [0.1, 0.15) is 0 Å². The van der Waals surface area contributed by atoms with Crippen LogP contribution in [-0.2, 0) is 17.8 Å². The third-order valence-corrected chi connectivity index (χ3v) is 3.90. The number of nitrogens with one attached hydrogen (secondary N) is 1. The number of hydrogen-bond acceptors (Lipinski definition) is 3. The lowest BCUT2D eigenvalue weighted by Gasteiger charge is -2.36. The Bertz CT molecular complexity index is 347. The van der Waals surface area contributed by atoms with Crippen molar-refractivity contribution in [2.75, 3.05) is 19.1 Å².